The Hall–Kier alpha value is -3.59. The number of methoxy groups -OCH3 is 2. The largest absolute Gasteiger partial charge is 0.507 e. The van der Waals surface area contributed by atoms with Crippen LogP contribution in [-0.2, 0) is 9.59 Å². The molecule has 0 radical (unpaired) electrons. The maximum atomic E-state index is 13.4. The number of nitrogens with zero attached hydrogens (tertiary/aromatic N) is 2. The van der Waals surface area contributed by atoms with Crippen molar-refractivity contribution in [2.45, 2.75) is 6.04 Å². The second-order valence-electron chi connectivity index (χ2n) is 7.90. The molecule has 1 atom stereocenters. The van der Waals surface area contributed by atoms with Crippen molar-refractivity contribution in [1.82, 2.24) is 4.98 Å². The summed E-state index contributed by atoms with van der Waals surface area (Å²) in [5.74, 6) is -0.878. The Balaban J connectivity index is 1.73. The number of carbonyl (C=O) groups excluding carboxylic acids is 2. The van der Waals surface area contributed by atoms with Crippen LogP contribution in [0.4, 0.5) is 5.13 Å². The molecule has 1 N–H and O–H groups in total. The van der Waals surface area contributed by atoms with Gasteiger partial charge in [0.15, 0.2) is 5.13 Å². The van der Waals surface area contributed by atoms with Crippen molar-refractivity contribution in [1.29, 1.82) is 0 Å². The van der Waals surface area contributed by atoms with E-state index in [4.69, 9.17) is 32.7 Å². The standard InChI is InChI=1S/C26H18Cl2N2O5S/c1-34-15-5-3-4-14(10-15)23(31)21-22(13-6-8-17(27)18(28)11-13)30(25(33)24(21)32)26-29-19-9-7-16(35-2)12-20(19)36-26/h3-12,22,31H,1-2H3. The predicted molar refractivity (Wildman–Crippen MR) is 140 cm³/mol. The summed E-state index contributed by atoms with van der Waals surface area (Å²) in [4.78, 5) is 32.6. The number of aliphatic hydroxyl groups excluding tert-OH is 1. The number of rotatable bonds is 5. The van der Waals surface area contributed by atoms with Gasteiger partial charge in [-0.1, -0.05) is 52.7 Å². The first-order chi connectivity index (χ1) is 17.3. The number of amides is 1. The molecule has 10 heteroatoms. The maximum Gasteiger partial charge on any atom is 0.301 e. The van der Waals surface area contributed by atoms with Gasteiger partial charge in [-0.05, 0) is 48.0 Å². The Morgan fingerprint density at radius 1 is 0.972 bits per heavy atom. The van der Waals surface area contributed by atoms with E-state index in [1.807, 2.05) is 0 Å². The Morgan fingerprint density at radius 2 is 1.72 bits per heavy atom. The Kier molecular flexibility index (Phi) is 6.34. The Bertz CT molecular complexity index is 1570. The van der Waals surface area contributed by atoms with E-state index < -0.39 is 17.7 Å². The normalized spacial score (nSPS) is 17.1. The third-order valence-corrected chi connectivity index (χ3v) is 7.59. The lowest BCUT2D eigenvalue weighted by Crippen LogP contribution is -2.29. The van der Waals surface area contributed by atoms with E-state index in [-0.39, 0.29) is 16.4 Å². The summed E-state index contributed by atoms with van der Waals surface area (Å²) in [6.45, 7) is 0. The molecule has 36 heavy (non-hydrogen) atoms. The summed E-state index contributed by atoms with van der Waals surface area (Å²) in [5.41, 5.74) is 1.36. The SMILES string of the molecule is COc1cccc(C(O)=C2C(=O)C(=O)N(c3nc4ccc(OC)cc4s3)C2c2ccc(Cl)c(Cl)c2)c1. The molecule has 0 aliphatic carbocycles. The second kappa shape index (κ2) is 9.46. The molecule has 0 bridgehead atoms. The van der Waals surface area contributed by atoms with Gasteiger partial charge in [0.2, 0.25) is 0 Å². The number of halogens is 2. The summed E-state index contributed by atoms with van der Waals surface area (Å²) in [6.07, 6.45) is 0. The van der Waals surface area contributed by atoms with Gasteiger partial charge >= 0.3 is 5.91 Å². The quantitative estimate of drug-likeness (QED) is 0.183. The van der Waals surface area contributed by atoms with Crippen LogP contribution in [0.25, 0.3) is 16.0 Å². The number of ketones is 1. The topological polar surface area (TPSA) is 89.0 Å². The van der Waals surface area contributed by atoms with Crippen molar-refractivity contribution in [3.05, 3.63) is 87.4 Å². The minimum absolute atomic E-state index is 0.0940. The van der Waals surface area contributed by atoms with Crippen molar-refractivity contribution in [2.75, 3.05) is 19.1 Å². The van der Waals surface area contributed by atoms with E-state index in [0.29, 0.717) is 38.3 Å². The lowest BCUT2D eigenvalue weighted by atomic mass is 9.95. The number of anilines is 1. The van der Waals surface area contributed by atoms with E-state index in [0.717, 1.165) is 4.70 Å². The van der Waals surface area contributed by atoms with Gasteiger partial charge in [-0.2, -0.15) is 0 Å². The van der Waals surface area contributed by atoms with E-state index in [1.165, 1.54) is 23.3 Å². The van der Waals surface area contributed by atoms with Crippen molar-refractivity contribution in [2.24, 2.45) is 0 Å². The molecule has 2 heterocycles. The molecule has 1 saturated heterocycles. The summed E-state index contributed by atoms with van der Waals surface area (Å²) in [5, 5.41) is 12.1. The number of hydrogen-bond donors (Lipinski definition) is 1. The smallest absolute Gasteiger partial charge is 0.301 e. The lowest BCUT2D eigenvalue weighted by molar-refractivity contribution is -0.132. The van der Waals surface area contributed by atoms with Gasteiger partial charge in [0, 0.05) is 5.56 Å². The summed E-state index contributed by atoms with van der Waals surface area (Å²) >= 11 is 13.7. The van der Waals surface area contributed by atoms with E-state index in [9.17, 15) is 14.7 Å². The molecule has 1 aliphatic rings. The molecular weight excluding hydrogens is 523 g/mol. The summed E-state index contributed by atoms with van der Waals surface area (Å²) < 4.78 is 11.3. The zero-order valence-corrected chi connectivity index (χ0v) is 21.3. The first-order valence-corrected chi connectivity index (χ1v) is 12.2. The highest BCUT2D eigenvalue weighted by atomic mass is 35.5. The fraction of sp³-hybridized carbons (Fsp3) is 0.115. The van der Waals surface area contributed by atoms with E-state index in [1.54, 1.807) is 67.8 Å². The summed E-state index contributed by atoms with van der Waals surface area (Å²) in [7, 11) is 3.06. The zero-order valence-electron chi connectivity index (χ0n) is 19.0. The number of hydrogen-bond acceptors (Lipinski definition) is 7. The highest BCUT2D eigenvalue weighted by Gasteiger charge is 2.48. The number of Topliss-reactive ketones (excluding diaryl/α,β-unsaturated/α-hetero) is 1. The third kappa shape index (κ3) is 4.07. The van der Waals surface area contributed by atoms with Crippen molar-refractivity contribution in [3.63, 3.8) is 0 Å². The second-order valence-corrected chi connectivity index (χ2v) is 9.73. The van der Waals surface area contributed by atoms with Gasteiger partial charge in [0.1, 0.15) is 17.3 Å². The van der Waals surface area contributed by atoms with Gasteiger partial charge in [0.25, 0.3) is 5.78 Å². The van der Waals surface area contributed by atoms with Crippen LogP contribution in [0, 0.1) is 0 Å². The van der Waals surface area contributed by atoms with Crippen molar-refractivity contribution < 1.29 is 24.2 Å². The number of carbonyl (C=O) groups is 2. The van der Waals surface area contributed by atoms with Crippen LogP contribution < -0.4 is 14.4 Å². The van der Waals surface area contributed by atoms with Gasteiger partial charge in [-0.15, -0.1) is 0 Å². The highest BCUT2D eigenvalue weighted by molar-refractivity contribution is 7.22. The van der Waals surface area contributed by atoms with Crippen LogP contribution >= 0.6 is 34.5 Å². The Morgan fingerprint density at radius 3 is 2.44 bits per heavy atom. The number of aromatic nitrogens is 1. The zero-order chi connectivity index (χ0) is 25.6. The molecule has 182 valence electrons. The fourth-order valence-corrected chi connectivity index (χ4v) is 5.40. The van der Waals surface area contributed by atoms with Crippen molar-refractivity contribution in [3.8, 4) is 11.5 Å². The highest BCUT2D eigenvalue weighted by Crippen LogP contribution is 2.45. The minimum atomic E-state index is -0.992. The van der Waals surface area contributed by atoms with Crippen LogP contribution in [0.5, 0.6) is 11.5 Å². The number of aliphatic hydroxyl groups is 1. The van der Waals surface area contributed by atoms with Gasteiger partial charge in [-0.3, -0.25) is 14.5 Å². The monoisotopic (exact) mass is 540 g/mol. The number of ether oxygens (including phenoxy) is 2. The van der Waals surface area contributed by atoms with Crippen LogP contribution in [0.15, 0.2) is 66.2 Å². The molecule has 7 nitrogen and oxygen atoms in total. The van der Waals surface area contributed by atoms with Crippen LogP contribution in [0.1, 0.15) is 17.2 Å². The molecular formula is C26H18Cl2N2O5S. The number of fused-ring (bicyclic) bond motifs is 1. The van der Waals surface area contributed by atoms with E-state index in [2.05, 4.69) is 4.98 Å². The molecule has 1 aromatic heterocycles. The van der Waals surface area contributed by atoms with Gasteiger partial charge < -0.3 is 14.6 Å². The third-order valence-electron chi connectivity index (χ3n) is 5.84. The van der Waals surface area contributed by atoms with Crippen LogP contribution in [-0.4, -0.2) is 36.0 Å². The lowest BCUT2D eigenvalue weighted by Gasteiger charge is -2.23. The molecule has 1 aliphatic heterocycles. The molecule has 0 spiro atoms. The minimum Gasteiger partial charge on any atom is -0.507 e. The average molecular weight is 541 g/mol. The Labute approximate surface area is 220 Å². The number of benzene rings is 3. The van der Waals surface area contributed by atoms with Gasteiger partial charge in [0.05, 0.1) is 46.1 Å². The molecule has 1 unspecified atom stereocenters. The van der Waals surface area contributed by atoms with Gasteiger partial charge in [-0.25, -0.2) is 4.98 Å². The van der Waals surface area contributed by atoms with Crippen molar-refractivity contribution >= 4 is 67.3 Å². The van der Waals surface area contributed by atoms with E-state index >= 15 is 0 Å². The van der Waals surface area contributed by atoms with Crippen LogP contribution in [0.2, 0.25) is 10.0 Å². The molecule has 5 rings (SSSR count). The predicted octanol–water partition coefficient (Wildman–Crippen LogP) is 6.25. The average Bonchev–Trinajstić information content (AvgIpc) is 3.42. The van der Waals surface area contributed by atoms with Crippen LogP contribution in [0.3, 0.4) is 0 Å². The first kappa shape index (κ1) is 24.1. The summed E-state index contributed by atoms with van der Waals surface area (Å²) in [6, 6.07) is 15.8. The fourth-order valence-electron chi connectivity index (χ4n) is 4.08. The molecule has 3 aromatic carbocycles. The first-order valence-electron chi connectivity index (χ1n) is 10.7. The molecule has 0 saturated carbocycles. The molecule has 4 aromatic rings. The maximum absolute atomic E-state index is 13.4. The number of thiazole rings is 1. The molecule has 1 amide bonds. The molecule has 1 fully saturated rings.